The van der Waals surface area contributed by atoms with Gasteiger partial charge < -0.3 is 4.90 Å². The molecule has 1 fully saturated rings. The molecule has 0 N–H and O–H groups in total. The van der Waals surface area contributed by atoms with Crippen molar-refractivity contribution in [2.24, 2.45) is 0 Å². The van der Waals surface area contributed by atoms with E-state index in [0.717, 1.165) is 36.5 Å². The zero-order valence-corrected chi connectivity index (χ0v) is 13.1. The highest BCUT2D eigenvalue weighted by molar-refractivity contribution is 7.19. The van der Waals surface area contributed by atoms with Crippen LogP contribution in [0.1, 0.15) is 23.5 Å². The van der Waals surface area contributed by atoms with Crippen LogP contribution in [0.3, 0.4) is 0 Å². The third-order valence-electron chi connectivity index (χ3n) is 3.65. The fraction of sp³-hybridized carbons (Fsp3) is 0.286. The summed E-state index contributed by atoms with van der Waals surface area (Å²) in [6.45, 7) is 1.55. The molecule has 1 saturated heterocycles. The summed E-state index contributed by atoms with van der Waals surface area (Å²) in [6, 6.07) is 7.46. The van der Waals surface area contributed by atoms with Gasteiger partial charge in [-0.15, -0.1) is 10.2 Å². The molecule has 0 spiro atoms. The van der Waals surface area contributed by atoms with E-state index in [9.17, 15) is 4.79 Å². The number of carbonyl (C=O) groups excluding carboxylic acids is 1. The molecule has 2 aromatic heterocycles. The summed E-state index contributed by atoms with van der Waals surface area (Å²) in [5.74, 6) is 0.175. The van der Waals surface area contributed by atoms with Gasteiger partial charge >= 0.3 is 0 Å². The molecule has 4 rings (SSSR count). The van der Waals surface area contributed by atoms with E-state index in [1.54, 1.807) is 4.90 Å². The summed E-state index contributed by atoms with van der Waals surface area (Å²) in [5, 5.41) is 14.0. The summed E-state index contributed by atoms with van der Waals surface area (Å²) < 4.78 is 1.53. The molecule has 3 aromatic rings. The van der Waals surface area contributed by atoms with Gasteiger partial charge in [0, 0.05) is 23.7 Å². The van der Waals surface area contributed by atoms with E-state index in [2.05, 4.69) is 15.3 Å². The third-order valence-corrected chi connectivity index (χ3v) is 4.83. The first-order valence-electron chi connectivity index (χ1n) is 7.00. The molecule has 1 aliphatic heterocycles. The number of halogens is 1. The van der Waals surface area contributed by atoms with E-state index in [4.69, 9.17) is 11.6 Å². The highest BCUT2D eigenvalue weighted by Gasteiger charge is 2.25. The number of fused-ring (bicyclic) bond motifs is 1. The van der Waals surface area contributed by atoms with Crippen LogP contribution in [-0.4, -0.2) is 43.7 Å². The summed E-state index contributed by atoms with van der Waals surface area (Å²) in [7, 11) is 0. The van der Waals surface area contributed by atoms with E-state index < -0.39 is 0 Å². The first-order chi connectivity index (χ1) is 10.7. The number of aromatic nitrogens is 4. The molecule has 0 bridgehead atoms. The molecule has 0 radical (unpaired) electrons. The van der Waals surface area contributed by atoms with Crippen LogP contribution in [0.2, 0.25) is 5.02 Å². The lowest BCUT2D eigenvalue weighted by Crippen LogP contribution is -2.29. The molecule has 1 amide bonds. The van der Waals surface area contributed by atoms with Crippen LogP contribution in [0, 0.1) is 0 Å². The second-order valence-electron chi connectivity index (χ2n) is 5.13. The van der Waals surface area contributed by atoms with Crippen molar-refractivity contribution in [2.45, 2.75) is 12.8 Å². The highest BCUT2D eigenvalue weighted by atomic mass is 35.5. The van der Waals surface area contributed by atoms with Crippen LogP contribution >= 0.6 is 22.9 Å². The van der Waals surface area contributed by atoms with Gasteiger partial charge in [-0.05, 0) is 25.0 Å². The zero-order valence-electron chi connectivity index (χ0n) is 11.6. The van der Waals surface area contributed by atoms with E-state index in [1.165, 1.54) is 15.9 Å². The monoisotopic (exact) mass is 333 g/mol. The van der Waals surface area contributed by atoms with E-state index >= 15 is 0 Å². The van der Waals surface area contributed by atoms with Gasteiger partial charge in [0.05, 0.1) is 0 Å². The number of hydrogen-bond donors (Lipinski definition) is 0. The van der Waals surface area contributed by atoms with E-state index in [1.807, 2.05) is 24.3 Å². The maximum absolute atomic E-state index is 12.5. The Hall–Kier alpha value is -1.99. The van der Waals surface area contributed by atoms with Crippen LogP contribution in [0.4, 0.5) is 0 Å². The lowest BCUT2D eigenvalue weighted by Gasteiger charge is -2.12. The number of carbonyl (C=O) groups is 1. The van der Waals surface area contributed by atoms with Crippen LogP contribution in [0.5, 0.6) is 0 Å². The van der Waals surface area contributed by atoms with Crippen LogP contribution in [0.25, 0.3) is 15.5 Å². The number of rotatable bonds is 2. The number of amides is 1. The minimum Gasteiger partial charge on any atom is -0.336 e. The van der Waals surface area contributed by atoms with Gasteiger partial charge in [0.2, 0.25) is 10.8 Å². The van der Waals surface area contributed by atoms with Gasteiger partial charge in [0.25, 0.3) is 5.91 Å². The standard InChI is InChI=1S/C14H12ClN5OS/c15-10-5-3-4-9(8-10)12-18-20-11(16-17-14(20)22-12)13(21)19-6-1-2-7-19/h3-5,8H,1-2,6-7H2. The van der Waals surface area contributed by atoms with E-state index in [-0.39, 0.29) is 11.7 Å². The van der Waals surface area contributed by atoms with Crippen molar-refractivity contribution < 1.29 is 4.79 Å². The first-order valence-corrected chi connectivity index (χ1v) is 8.19. The molecule has 1 aromatic carbocycles. The lowest BCUT2D eigenvalue weighted by atomic mass is 10.2. The Bertz CT molecular complexity index is 852. The maximum atomic E-state index is 12.5. The summed E-state index contributed by atoms with van der Waals surface area (Å²) in [5.41, 5.74) is 0.905. The van der Waals surface area contributed by atoms with Crippen molar-refractivity contribution in [1.29, 1.82) is 0 Å². The quantitative estimate of drug-likeness (QED) is 0.723. The molecule has 0 unspecified atom stereocenters. The van der Waals surface area contributed by atoms with Crippen LogP contribution in [-0.2, 0) is 0 Å². The predicted octanol–water partition coefficient (Wildman–Crippen LogP) is 2.74. The Morgan fingerprint density at radius 3 is 2.82 bits per heavy atom. The second-order valence-corrected chi connectivity index (χ2v) is 6.53. The molecule has 8 heteroatoms. The van der Waals surface area contributed by atoms with Crippen LogP contribution in [0.15, 0.2) is 24.3 Å². The minimum absolute atomic E-state index is 0.104. The molecular formula is C14H12ClN5OS. The Labute approximate surface area is 135 Å². The van der Waals surface area contributed by atoms with Crippen molar-refractivity contribution in [3.8, 4) is 10.6 Å². The Balaban J connectivity index is 1.74. The van der Waals surface area contributed by atoms with Gasteiger partial charge in [-0.3, -0.25) is 4.79 Å². The highest BCUT2D eigenvalue weighted by Crippen LogP contribution is 2.27. The maximum Gasteiger partial charge on any atom is 0.293 e. The number of nitrogens with zero attached hydrogens (tertiary/aromatic N) is 5. The van der Waals surface area contributed by atoms with Crippen LogP contribution < -0.4 is 0 Å². The molecule has 0 atom stereocenters. The molecule has 6 nitrogen and oxygen atoms in total. The van der Waals surface area contributed by atoms with Gasteiger partial charge in [-0.25, -0.2) is 0 Å². The normalized spacial score (nSPS) is 14.9. The SMILES string of the molecule is O=C(c1nnc2sc(-c3cccc(Cl)c3)nn12)N1CCCC1. The molecule has 0 saturated carbocycles. The Morgan fingerprint density at radius 2 is 2.05 bits per heavy atom. The number of likely N-dealkylation sites (tertiary alicyclic amines) is 1. The molecule has 22 heavy (non-hydrogen) atoms. The molecular weight excluding hydrogens is 322 g/mol. The topological polar surface area (TPSA) is 63.4 Å². The number of benzene rings is 1. The average Bonchev–Trinajstić information content (AvgIpc) is 3.23. The molecule has 1 aliphatic rings. The van der Waals surface area contributed by atoms with Crippen molar-refractivity contribution in [2.75, 3.05) is 13.1 Å². The van der Waals surface area contributed by atoms with Gasteiger partial charge in [0.15, 0.2) is 0 Å². The van der Waals surface area contributed by atoms with Crippen molar-refractivity contribution in [3.05, 3.63) is 35.1 Å². The van der Waals surface area contributed by atoms with Crippen molar-refractivity contribution in [1.82, 2.24) is 24.7 Å². The summed E-state index contributed by atoms with van der Waals surface area (Å²) >= 11 is 7.41. The van der Waals surface area contributed by atoms with Gasteiger partial charge in [0.1, 0.15) is 5.01 Å². The Morgan fingerprint density at radius 1 is 1.23 bits per heavy atom. The van der Waals surface area contributed by atoms with Crippen molar-refractivity contribution in [3.63, 3.8) is 0 Å². The second kappa shape index (κ2) is 5.33. The number of hydrogen-bond acceptors (Lipinski definition) is 5. The molecule has 0 aliphatic carbocycles. The summed E-state index contributed by atoms with van der Waals surface area (Å²) in [4.78, 5) is 14.9. The summed E-state index contributed by atoms with van der Waals surface area (Å²) in [6.07, 6.45) is 2.08. The third kappa shape index (κ3) is 2.26. The first kappa shape index (κ1) is 13.7. The fourth-order valence-electron chi connectivity index (χ4n) is 2.55. The minimum atomic E-state index is -0.104. The average molecular weight is 334 g/mol. The molecule has 3 heterocycles. The molecule has 112 valence electrons. The lowest BCUT2D eigenvalue weighted by molar-refractivity contribution is 0.0778. The van der Waals surface area contributed by atoms with Crippen molar-refractivity contribution >= 4 is 33.8 Å². The van der Waals surface area contributed by atoms with Gasteiger partial charge in [-0.2, -0.15) is 9.61 Å². The smallest absolute Gasteiger partial charge is 0.293 e. The van der Waals surface area contributed by atoms with Gasteiger partial charge in [-0.1, -0.05) is 35.1 Å². The largest absolute Gasteiger partial charge is 0.336 e. The zero-order chi connectivity index (χ0) is 15.1. The Kier molecular flexibility index (Phi) is 3.31. The predicted molar refractivity (Wildman–Crippen MR) is 84.2 cm³/mol. The van der Waals surface area contributed by atoms with E-state index in [0.29, 0.717) is 9.98 Å². The fourth-order valence-corrected chi connectivity index (χ4v) is 3.58.